The van der Waals surface area contributed by atoms with E-state index in [4.69, 9.17) is 15.0 Å². The van der Waals surface area contributed by atoms with Crippen LogP contribution in [0.4, 0.5) is 56.9 Å². The Morgan fingerprint density at radius 2 is 1.24 bits per heavy atom. The summed E-state index contributed by atoms with van der Waals surface area (Å²) in [6.45, 7) is 2.92. The number of aromatic hydroxyl groups is 1. The zero-order valence-corrected chi connectivity index (χ0v) is 38.1. The van der Waals surface area contributed by atoms with Crippen LogP contribution in [0, 0.1) is 24.0 Å². The van der Waals surface area contributed by atoms with E-state index in [0.29, 0.717) is 17.2 Å². The Hall–Kier alpha value is -7.38. The zero-order chi connectivity index (χ0) is 49.9. The highest BCUT2D eigenvalue weighted by atomic mass is 32.2. The lowest BCUT2D eigenvalue weighted by Crippen LogP contribution is -2.08. The van der Waals surface area contributed by atoms with Gasteiger partial charge in [0.1, 0.15) is 37.5 Å². The van der Waals surface area contributed by atoms with Gasteiger partial charge in [-0.2, -0.15) is 49.0 Å². The van der Waals surface area contributed by atoms with Crippen molar-refractivity contribution in [2.24, 2.45) is 30.7 Å². The van der Waals surface area contributed by atoms with Crippen LogP contribution < -0.4 is 15.8 Å². The average Bonchev–Trinajstić information content (AvgIpc) is 3.23. The van der Waals surface area contributed by atoms with Crippen molar-refractivity contribution < 1.29 is 66.6 Å². The molecule has 68 heavy (non-hydrogen) atoms. The molecule has 29 heteroatoms. The Morgan fingerprint density at radius 3 is 1.88 bits per heavy atom. The monoisotopic (exact) mass is 1010 g/mol. The second kappa shape index (κ2) is 19.5. The number of azo groups is 3. The SMILES string of the molecule is Cc1cc(N=Nc2c(S(=O)(=O)O)cc3cc(Nc4ccc(N)c(S(=O)(=O)O)c4)ccc3c2O)ccc1N=Nc1cc(C)c(N=Nc2ccc([N+](=O)[O-])cc2S(=O)(=O)O)cc1OCCCS(=O)(=O)O. The number of phenolic OH excluding ortho intramolecular Hbond substituents is 1. The van der Waals surface area contributed by atoms with Crippen LogP contribution in [0.15, 0.2) is 136 Å². The van der Waals surface area contributed by atoms with Gasteiger partial charge in [-0.25, -0.2) is 0 Å². The predicted molar refractivity (Wildman–Crippen MR) is 244 cm³/mol. The number of nitrogens with zero attached hydrogens (tertiary/aromatic N) is 7. The molecule has 0 aromatic heterocycles. The quantitative estimate of drug-likeness (QED) is 0.0112. The first-order valence-electron chi connectivity index (χ1n) is 18.9. The van der Waals surface area contributed by atoms with E-state index in [-0.39, 0.29) is 69.4 Å². The molecule has 0 aliphatic rings. The largest absolute Gasteiger partial charge is 0.505 e. The number of nitro benzene ring substituents is 1. The number of anilines is 3. The first kappa shape index (κ1) is 50.0. The third-order valence-corrected chi connectivity index (χ3v) is 12.9. The molecule has 0 radical (unpaired) electrons. The number of nitro groups is 1. The highest BCUT2D eigenvalue weighted by Gasteiger charge is 2.24. The number of phenols is 1. The van der Waals surface area contributed by atoms with Crippen LogP contribution in [0.5, 0.6) is 11.5 Å². The topological polar surface area (TPSA) is 402 Å². The molecule has 0 aliphatic carbocycles. The van der Waals surface area contributed by atoms with Crippen molar-refractivity contribution in [3.63, 3.8) is 0 Å². The number of benzene rings is 6. The van der Waals surface area contributed by atoms with Crippen LogP contribution in [0.3, 0.4) is 0 Å². The normalized spacial score (nSPS) is 12.7. The summed E-state index contributed by atoms with van der Waals surface area (Å²) in [4.78, 5) is 8.07. The van der Waals surface area contributed by atoms with Crippen LogP contribution in [0.1, 0.15) is 17.5 Å². The first-order valence-corrected chi connectivity index (χ1v) is 24.9. The van der Waals surface area contributed by atoms with Gasteiger partial charge in [-0.1, -0.05) is 0 Å². The highest BCUT2D eigenvalue weighted by Crippen LogP contribution is 2.43. The van der Waals surface area contributed by atoms with E-state index < -0.39 is 88.6 Å². The summed E-state index contributed by atoms with van der Waals surface area (Å²) in [7, 11) is -19.0. The minimum atomic E-state index is -5.03. The third kappa shape index (κ3) is 12.3. The summed E-state index contributed by atoms with van der Waals surface area (Å²) in [5.74, 6) is -1.33. The average molecular weight is 1010 g/mol. The molecular weight excluding hydrogens is 979 g/mol. The molecule has 0 unspecified atom stereocenters. The van der Waals surface area contributed by atoms with Crippen molar-refractivity contribution in [2.45, 2.75) is 35.0 Å². The number of nitrogens with two attached hydrogens (primary N) is 1. The number of nitrogen functional groups attached to an aromatic ring is 1. The molecule has 356 valence electrons. The maximum Gasteiger partial charge on any atom is 0.297 e. The molecule has 6 aromatic carbocycles. The molecule has 0 spiro atoms. The fraction of sp³-hybridized carbons (Fsp3) is 0.128. The number of aryl methyl sites for hydroxylation is 2. The fourth-order valence-corrected chi connectivity index (χ4v) is 8.58. The van der Waals surface area contributed by atoms with Gasteiger partial charge in [0.15, 0.2) is 5.75 Å². The summed E-state index contributed by atoms with van der Waals surface area (Å²) in [6.07, 6.45) is -0.160. The van der Waals surface area contributed by atoms with Gasteiger partial charge in [0.05, 0.1) is 40.0 Å². The summed E-state index contributed by atoms with van der Waals surface area (Å²) >= 11 is 0. The summed E-state index contributed by atoms with van der Waals surface area (Å²) in [6, 6.07) is 18.6. The van der Waals surface area contributed by atoms with Gasteiger partial charge in [0.25, 0.3) is 46.2 Å². The molecule has 0 amide bonds. The van der Waals surface area contributed by atoms with Crippen molar-refractivity contribution in [1.29, 1.82) is 0 Å². The predicted octanol–water partition coefficient (Wildman–Crippen LogP) is 9.04. The Labute approximate surface area is 385 Å². The van der Waals surface area contributed by atoms with Crippen molar-refractivity contribution in [1.82, 2.24) is 0 Å². The van der Waals surface area contributed by atoms with Gasteiger partial charge in [-0.15, -0.1) is 15.3 Å². The number of nitrogens with one attached hydrogen (secondary N) is 1. The number of rotatable bonds is 17. The lowest BCUT2D eigenvalue weighted by Gasteiger charge is -2.12. The highest BCUT2D eigenvalue weighted by molar-refractivity contribution is 7.86. The van der Waals surface area contributed by atoms with Gasteiger partial charge in [0.2, 0.25) is 0 Å². The first-order chi connectivity index (χ1) is 31.7. The van der Waals surface area contributed by atoms with E-state index in [1.54, 1.807) is 13.8 Å². The molecule has 0 aliphatic heterocycles. The molecule has 0 bridgehead atoms. The molecule has 25 nitrogen and oxygen atoms in total. The third-order valence-electron chi connectivity index (χ3n) is 9.40. The molecular formula is C39H35N9O16S4. The van der Waals surface area contributed by atoms with Crippen LogP contribution in [-0.4, -0.2) is 74.3 Å². The maximum absolute atomic E-state index is 12.5. The van der Waals surface area contributed by atoms with Gasteiger partial charge >= 0.3 is 0 Å². The Balaban J connectivity index is 1.28. The second-order valence-electron chi connectivity index (χ2n) is 14.4. The van der Waals surface area contributed by atoms with Gasteiger partial charge in [0, 0.05) is 35.0 Å². The van der Waals surface area contributed by atoms with Crippen LogP contribution >= 0.6 is 0 Å². The van der Waals surface area contributed by atoms with Gasteiger partial charge in [-0.3, -0.25) is 28.3 Å². The smallest absolute Gasteiger partial charge is 0.297 e. The number of ether oxygens (including phenoxy) is 1. The lowest BCUT2D eigenvalue weighted by atomic mass is 10.1. The molecule has 6 rings (SSSR count). The molecule has 8 N–H and O–H groups in total. The Bertz CT molecular complexity index is 3590. The van der Waals surface area contributed by atoms with Crippen LogP contribution in [0.2, 0.25) is 0 Å². The van der Waals surface area contributed by atoms with Crippen molar-refractivity contribution in [2.75, 3.05) is 23.4 Å². The molecule has 6 aromatic rings. The van der Waals surface area contributed by atoms with Gasteiger partial charge in [-0.05, 0) is 110 Å². The molecule has 0 fully saturated rings. The van der Waals surface area contributed by atoms with Crippen molar-refractivity contribution >= 4 is 108 Å². The summed E-state index contributed by atoms with van der Waals surface area (Å²) < 4.78 is 139. The Morgan fingerprint density at radius 1 is 0.632 bits per heavy atom. The van der Waals surface area contributed by atoms with E-state index in [9.17, 15) is 62.6 Å². The molecule has 0 heterocycles. The van der Waals surface area contributed by atoms with Crippen molar-refractivity contribution in [3.8, 4) is 11.5 Å². The number of fused-ring (bicyclic) bond motifs is 1. The minimum absolute atomic E-state index is 0.0289. The Kier molecular flexibility index (Phi) is 14.3. The lowest BCUT2D eigenvalue weighted by molar-refractivity contribution is -0.385. The summed E-state index contributed by atoms with van der Waals surface area (Å²) in [5.41, 5.74) is 5.58. The molecule has 0 atom stereocenters. The standard InChI is InChI=1S/C39H35N9O16S4/c1-21-14-26(42-47-38-37(68(61,62)63)17-23-16-24(4-8-28(23)39(38)49)41-25-5-9-29(40)35(18-25)66(55,56)57)6-10-30(21)43-46-33-15-22(2)32(20-34(33)64-12-3-13-65(52,53)54)45-44-31-11-7-27(48(50)51)19-36(31)67(58,59)60/h4-11,14-20,41,49H,3,12-13,40H2,1-2H3,(H,52,53,54)(H,55,56,57)(H,58,59,60)(H,61,62,63). The van der Waals surface area contributed by atoms with E-state index in [2.05, 4.69) is 36.0 Å². The van der Waals surface area contributed by atoms with E-state index in [1.807, 2.05) is 0 Å². The number of non-ortho nitro benzene ring substituents is 1. The van der Waals surface area contributed by atoms with E-state index in [0.717, 1.165) is 24.3 Å². The summed E-state index contributed by atoms with van der Waals surface area (Å²) in [5, 5.41) is 49.9. The van der Waals surface area contributed by atoms with Crippen molar-refractivity contribution in [3.05, 3.63) is 112 Å². The van der Waals surface area contributed by atoms with Crippen LogP contribution in [0.25, 0.3) is 10.8 Å². The second-order valence-corrected chi connectivity index (χ2v) is 20.1. The van der Waals surface area contributed by atoms with E-state index in [1.165, 1.54) is 60.7 Å². The number of hydrogen-bond donors (Lipinski definition) is 7. The van der Waals surface area contributed by atoms with Crippen LogP contribution in [-0.2, 0) is 40.5 Å². The number of hydrogen-bond acceptors (Lipinski definition) is 20. The zero-order valence-electron chi connectivity index (χ0n) is 34.8. The fourth-order valence-electron chi connectivity index (χ4n) is 6.15. The maximum atomic E-state index is 12.5. The van der Waals surface area contributed by atoms with Gasteiger partial charge < -0.3 is 20.9 Å². The minimum Gasteiger partial charge on any atom is -0.505 e. The molecule has 0 saturated carbocycles. The van der Waals surface area contributed by atoms with E-state index >= 15 is 0 Å². The molecule has 0 saturated heterocycles.